The van der Waals surface area contributed by atoms with Crippen molar-refractivity contribution >= 4 is 11.8 Å². The van der Waals surface area contributed by atoms with Crippen LogP contribution in [-0.4, -0.2) is 15.7 Å². The molecule has 0 fully saturated rings. The SMILES string of the molecule is Cc1cnc(SCC(C)C)nc1. The van der Waals surface area contributed by atoms with E-state index in [1.54, 1.807) is 11.8 Å². The molecule has 3 heteroatoms. The predicted molar refractivity (Wildman–Crippen MR) is 52.3 cm³/mol. The lowest BCUT2D eigenvalue weighted by Crippen LogP contribution is -1.93. The highest BCUT2D eigenvalue weighted by Gasteiger charge is 1.98. The summed E-state index contributed by atoms with van der Waals surface area (Å²) < 4.78 is 0. The van der Waals surface area contributed by atoms with E-state index in [1.165, 1.54) is 0 Å². The molecule has 0 N–H and O–H groups in total. The number of rotatable bonds is 3. The molecule has 1 aromatic rings. The molecule has 1 rings (SSSR count). The number of thioether (sulfide) groups is 1. The molecule has 0 aliphatic rings. The highest BCUT2D eigenvalue weighted by molar-refractivity contribution is 7.99. The molecule has 0 unspecified atom stereocenters. The molecule has 0 spiro atoms. The molecular weight excluding hydrogens is 168 g/mol. The summed E-state index contributed by atoms with van der Waals surface area (Å²) in [6, 6.07) is 0. The average molecular weight is 182 g/mol. The van der Waals surface area contributed by atoms with Gasteiger partial charge in [-0.15, -0.1) is 0 Å². The van der Waals surface area contributed by atoms with Crippen LogP contribution in [0.5, 0.6) is 0 Å². The second-order valence-corrected chi connectivity index (χ2v) is 4.23. The summed E-state index contributed by atoms with van der Waals surface area (Å²) in [5.41, 5.74) is 1.11. The van der Waals surface area contributed by atoms with Crippen molar-refractivity contribution in [1.29, 1.82) is 0 Å². The molecule has 0 saturated heterocycles. The number of hydrogen-bond donors (Lipinski definition) is 0. The first-order valence-electron chi connectivity index (χ1n) is 4.10. The van der Waals surface area contributed by atoms with Gasteiger partial charge in [-0.25, -0.2) is 9.97 Å². The fourth-order valence-electron chi connectivity index (χ4n) is 0.696. The Morgan fingerprint density at radius 1 is 1.33 bits per heavy atom. The molecule has 0 atom stereocenters. The lowest BCUT2D eigenvalue weighted by Gasteiger charge is -2.02. The summed E-state index contributed by atoms with van der Waals surface area (Å²) in [5, 5.41) is 0.884. The molecule has 1 heterocycles. The van der Waals surface area contributed by atoms with E-state index in [0.29, 0.717) is 5.92 Å². The Kier molecular flexibility index (Phi) is 3.53. The van der Waals surface area contributed by atoms with Crippen LogP contribution in [0.15, 0.2) is 17.6 Å². The molecular formula is C9H14N2S. The van der Waals surface area contributed by atoms with Crippen molar-refractivity contribution < 1.29 is 0 Å². The molecule has 0 bridgehead atoms. The Hall–Kier alpha value is -0.570. The third-order valence-electron chi connectivity index (χ3n) is 1.30. The minimum atomic E-state index is 0.694. The van der Waals surface area contributed by atoms with Gasteiger partial charge in [0.1, 0.15) is 0 Å². The van der Waals surface area contributed by atoms with E-state index in [0.717, 1.165) is 16.5 Å². The number of hydrogen-bond acceptors (Lipinski definition) is 3. The van der Waals surface area contributed by atoms with Crippen molar-refractivity contribution in [1.82, 2.24) is 9.97 Å². The van der Waals surface area contributed by atoms with Crippen molar-refractivity contribution in [2.75, 3.05) is 5.75 Å². The van der Waals surface area contributed by atoms with Crippen molar-refractivity contribution in [3.05, 3.63) is 18.0 Å². The summed E-state index contributed by atoms with van der Waals surface area (Å²) >= 11 is 1.72. The maximum atomic E-state index is 4.20. The fraction of sp³-hybridized carbons (Fsp3) is 0.556. The second kappa shape index (κ2) is 4.45. The largest absolute Gasteiger partial charge is 0.231 e. The minimum absolute atomic E-state index is 0.694. The zero-order chi connectivity index (χ0) is 8.97. The van der Waals surface area contributed by atoms with E-state index in [2.05, 4.69) is 23.8 Å². The molecule has 2 nitrogen and oxygen atoms in total. The first-order chi connectivity index (χ1) is 5.68. The normalized spacial score (nSPS) is 10.7. The Morgan fingerprint density at radius 2 is 1.92 bits per heavy atom. The van der Waals surface area contributed by atoms with Gasteiger partial charge in [-0.2, -0.15) is 0 Å². The lowest BCUT2D eigenvalue weighted by atomic mass is 10.3. The highest BCUT2D eigenvalue weighted by atomic mass is 32.2. The van der Waals surface area contributed by atoms with Crippen LogP contribution < -0.4 is 0 Å². The zero-order valence-corrected chi connectivity index (χ0v) is 8.56. The summed E-state index contributed by atoms with van der Waals surface area (Å²) in [6.45, 7) is 6.39. The van der Waals surface area contributed by atoms with Gasteiger partial charge in [0.05, 0.1) is 0 Å². The summed E-state index contributed by atoms with van der Waals surface area (Å²) in [4.78, 5) is 8.40. The zero-order valence-electron chi connectivity index (χ0n) is 7.74. The highest BCUT2D eigenvalue weighted by Crippen LogP contribution is 2.15. The van der Waals surface area contributed by atoms with E-state index in [-0.39, 0.29) is 0 Å². The van der Waals surface area contributed by atoms with Crippen LogP contribution in [0.25, 0.3) is 0 Å². The number of nitrogens with zero attached hydrogens (tertiary/aromatic N) is 2. The van der Waals surface area contributed by atoms with Gasteiger partial charge in [0.25, 0.3) is 0 Å². The Balaban J connectivity index is 2.48. The van der Waals surface area contributed by atoms with Crippen LogP contribution in [0, 0.1) is 12.8 Å². The molecule has 0 aromatic carbocycles. The van der Waals surface area contributed by atoms with Gasteiger partial charge in [-0.3, -0.25) is 0 Å². The minimum Gasteiger partial charge on any atom is -0.231 e. The maximum absolute atomic E-state index is 4.20. The van der Waals surface area contributed by atoms with E-state index in [4.69, 9.17) is 0 Å². The fourth-order valence-corrected chi connectivity index (χ4v) is 1.43. The van der Waals surface area contributed by atoms with Crippen molar-refractivity contribution in [3.8, 4) is 0 Å². The standard InChI is InChI=1S/C9H14N2S/c1-7(2)6-12-9-10-4-8(3)5-11-9/h4-5,7H,6H2,1-3H3. The molecule has 66 valence electrons. The van der Waals surface area contributed by atoms with Crippen LogP contribution >= 0.6 is 11.8 Å². The topological polar surface area (TPSA) is 25.8 Å². The van der Waals surface area contributed by atoms with Crippen LogP contribution in [0.2, 0.25) is 0 Å². The molecule has 1 aromatic heterocycles. The van der Waals surface area contributed by atoms with Crippen LogP contribution in [0.4, 0.5) is 0 Å². The van der Waals surface area contributed by atoms with E-state index in [1.807, 2.05) is 19.3 Å². The molecule has 0 amide bonds. The van der Waals surface area contributed by atoms with Gasteiger partial charge in [0, 0.05) is 18.1 Å². The van der Waals surface area contributed by atoms with Gasteiger partial charge in [0.15, 0.2) is 5.16 Å². The summed E-state index contributed by atoms with van der Waals surface area (Å²) in [5.74, 6) is 1.78. The number of aromatic nitrogens is 2. The van der Waals surface area contributed by atoms with Crippen LogP contribution in [-0.2, 0) is 0 Å². The second-order valence-electron chi connectivity index (χ2n) is 3.25. The maximum Gasteiger partial charge on any atom is 0.187 e. The number of aryl methyl sites for hydroxylation is 1. The molecule has 0 aliphatic carbocycles. The quantitative estimate of drug-likeness (QED) is 0.530. The van der Waals surface area contributed by atoms with Gasteiger partial charge in [-0.05, 0) is 18.4 Å². The van der Waals surface area contributed by atoms with E-state index in [9.17, 15) is 0 Å². The van der Waals surface area contributed by atoms with Crippen molar-refractivity contribution in [3.63, 3.8) is 0 Å². The lowest BCUT2D eigenvalue weighted by molar-refractivity contribution is 0.747. The van der Waals surface area contributed by atoms with Crippen LogP contribution in [0.3, 0.4) is 0 Å². The Labute approximate surface area is 77.8 Å². The van der Waals surface area contributed by atoms with Gasteiger partial charge in [-0.1, -0.05) is 25.6 Å². The average Bonchev–Trinajstić information content (AvgIpc) is 2.03. The first-order valence-corrected chi connectivity index (χ1v) is 5.08. The Morgan fingerprint density at radius 3 is 2.42 bits per heavy atom. The molecule has 0 radical (unpaired) electrons. The summed E-state index contributed by atoms with van der Waals surface area (Å²) in [6.07, 6.45) is 3.71. The smallest absolute Gasteiger partial charge is 0.187 e. The van der Waals surface area contributed by atoms with Gasteiger partial charge >= 0.3 is 0 Å². The monoisotopic (exact) mass is 182 g/mol. The predicted octanol–water partition coefficient (Wildman–Crippen LogP) is 2.53. The van der Waals surface area contributed by atoms with E-state index >= 15 is 0 Å². The molecule has 0 aliphatic heterocycles. The van der Waals surface area contributed by atoms with Crippen molar-refractivity contribution in [2.24, 2.45) is 5.92 Å². The molecule has 12 heavy (non-hydrogen) atoms. The summed E-state index contributed by atoms with van der Waals surface area (Å²) in [7, 11) is 0. The van der Waals surface area contributed by atoms with Gasteiger partial charge < -0.3 is 0 Å². The Bertz CT molecular complexity index is 231. The third-order valence-corrected chi connectivity index (χ3v) is 2.61. The third kappa shape index (κ3) is 3.22. The van der Waals surface area contributed by atoms with Crippen molar-refractivity contribution in [2.45, 2.75) is 25.9 Å². The first kappa shape index (κ1) is 9.52. The van der Waals surface area contributed by atoms with Gasteiger partial charge in [0.2, 0.25) is 0 Å². The van der Waals surface area contributed by atoms with E-state index < -0.39 is 0 Å². The molecule has 0 saturated carbocycles. The van der Waals surface area contributed by atoms with Crippen LogP contribution in [0.1, 0.15) is 19.4 Å².